The van der Waals surface area contributed by atoms with Gasteiger partial charge in [-0.3, -0.25) is 14.5 Å². The number of hydrogen-bond donors (Lipinski definition) is 0. The van der Waals surface area contributed by atoms with Crippen LogP contribution in [0.1, 0.15) is 61.0 Å². The zero-order valence-corrected chi connectivity index (χ0v) is 15.3. The van der Waals surface area contributed by atoms with E-state index in [2.05, 4.69) is 27.8 Å². The normalized spacial score (nSPS) is 20.4. The number of aldehydes is 1. The lowest BCUT2D eigenvalue weighted by molar-refractivity contribution is 0.111. The Morgan fingerprint density at radius 3 is 3.00 bits per heavy atom. The van der Waals surface area contributed by atoms with Crippen LogP contribution in [0, 0.1) is 5.92 Å². The minimum atomic E-state index is 0.328. The lowest BCUT2D eigenvalue weighted by Gasteiger charge is -2.32. The molecule has 2 unspecified atom stereocenters. The van der Waals surface area contributed by atoms with Gasteiger partial charge in [-0.2, -0.15) is 5.10 Å². The van der Waals surface area contributed by atoms with Crippen molar-refractivity contribution in [2.45, 2.75) is 51.5 Å². The van der Waals surface area contributed by atoms with Gasteiger partial charge in [0.2, 0.25) is 0 Å². The summed E-state index contributed by atoms with van der Waals surface area (Å²) in [5.41, 5.74) is 1.68. The summed E-state index contributed by atoms with van der Waals surface area (Å²) in [4.78, 5) is 15.3. The van der Waals surface area contributed by atoms with E-state index in [1.54, 1.807) is 6.20 Å². The molecule has 0 N–H and O–H groups in total. The fourth-order valence-electron chi connectivity index (χ4n) is 3.71. The number of halogens is 1. The number of pyridine rings is 1. The first kappa shape index (κ1) is 17.9. The molecule has 3 rings (SSSR count). The Morgan fingerprint density at radius 2 is 2.20 bits per heavy atom. The molecule has 0 bridgehead atoms. The van der Waals surface area contributed by atoms with Crippen LogP contribution in [0.4, 0.5) is 0 Å². The minimum Gasteiger partial charge on any atom is -0.491 e. The van der Waals surface area contributed by atoms with E-state index in [0.29, 0.717) is 34.8 Å². The quantitative estimate of drug-likeness (QED) is 0.681. The average Bonchev–Trinajstić information content (AvgIpc) is 3.08. The number of hydrogen-bond acceptors (Lipinski definition) is 4. The zero-order valence-electron chi connectivity index (χ0n) is 14.5. The first-order valence-electron chi connectivity index (χ1n) is 8.97. The molecule has 6 heteroatoms. The van der Waals surface area contributed by atoms with Crippen molar-refractivity contribution in [2.75, 3.05) is 6.61 Å². The van der Waals surface area contributed by atoms with E-state index >= 15 is 0 Å². The summed E-state index contributed by atoms with van der Waals surface area (Å²) in [6.07, 6.45) is 11.4. The number of carbonyl (C=O) groups is 1. The van der Waals surface area contributed by atoms with Crippen molar-refractivity contribution in [3.8, 4) is 5.75 Å². The summed E-state index contributed by atoms with van der Waals surface area (Å²) in [5, 5.41) is 4.80. The summed E-state index contributed by atoms with van der Waals surface area (Å²) in [6.45, 7) is 3.67. The number of carbonyl (C=O) groups excluding carboxylic acids is 1. The predicted octanol–water partition coefficient (Wildman–Crippen LogP) is 4.51. The Kier molecular flexibility index (Phi) is 6.08. The molecule has 0 saturated heterocycles. The van der Waals surface area contributed by atoms with E-state index in [1.165, 1.54) is 24.7 Å². The maximum absolute atomic E-state index is 11.3. The van der Waals surface area contributed by atoms with Gasteiger partial charge < -0.3 is 4.74 Å². The van der Waals surface area contributed by atoms with Crippen molar-refractivity contribution in [2.24, 2.45) is 5.92 Å². The highest BCUT2D eigenvalue weighted by Gasteiger charge is 2.29. The maximum atomic E-state index is 11.3. The van der Waals surface area contributed by atoms with Crippen LogP contribution in [0.2, 0.25) is 5.02 Å². The molecular weight excluding hydrogens is 338 g/mol. The first-order chi connectivity index (χ1) is 12.2. The van der Waals surface area contributed by atoms with Gasteiger partial charge >= 0.3 is 0 Å². The lowest BCUT2D eigenvalue weighted by Crippen LogP contribution is -2.26. The fourth-order valence-corrected chi connectivity index (χ4v) is 3.90. The highest BCUT2D eigenvalue weighted by atomic mass is 35.5. The van der Waals surface area contributed by atoms with Crippen LogP contribution in [0.15, 0.2) is 24.7 Å². The fraction of sp³-hybridized carbons (Fsp3) is 0.526. The number of aromatic nitrogens is 3. The van der Waals surface area contributed by atoms with Crippen LogP contribution < -0.4 is 4.74 Å². The molecule has 25 heavy (non-hydrogen) atoms. The lowest BCUT2D eigenvalue weighted by atomic mass is 9.78. The van der Waals surface area contributed by atoms with Gasteiger partial charge in [0, 0.05) is 36.5 Å². The molecule has 0 radical (unpaired) electrons. The topological polar surface area (TPSA) is 57.0 Å². The molecule has 1 aliphatic rings. The van der Waals surface area contributed by atoms with Gasteiger partial charge in [0.25, 0.3) is 0 Å². The monoisotopic (exact) mass is 361 g/mol. The molecule has 5 nitrogen and oxygen atoms in total. The smallest absolute Gasteiger partial charge is 0.155 e. The van der Waals surface area contributed by atoms with Gasteiger partial charge in [-0.25, -0.2) is 0 Å². The van der Waals surface area contributed by atoms with Gasteiger partial charge in [-0.05, 0) is 25.3 Å². The summed E-state index contributed by atoms with van der Waals surface area (Å²) in [5.74, 6) is 1.31. The van der Waals surface area contributed by atoms with Crippen molar-refractivity contribution in [1.29, 1.82) is 0 Å². The third-order valence-corrected chi connectivity index (χ3v) is 5.25. The van der Waals surface area contributed by atoms with Crippen molar-refractivity contribution in [3.63, 3.8) is 0 Å². The summed E-state index contributed by atoms with van der Waals surface area (Å²) < 4.78 is 8.09. The van der Waals surface area contributed by atoms with Crippen LogP contribution in [0.25, 0.3) is 0 Å². The SMILES string of the molecule is CCCn1nccc1C1CCCCC1COc1cncc(Cl)c1C=O. The second kappa shape index (κ2) is 8.48. The predicted molar refractivity (Wildman–Crippen MR) is 97.3 cm³/mol. The van der Waals surface area contributed by atoms with Gasteiger partial charge in [-0.15, -0.1) is 0 Å². The second-order valence-electron chi connectivity index (χ2n) is 6.59. The van der Waals surface area contributed by atoms with Gasteiger partial charge in [0.05, 0.1) is 23.4 Å². The van der Waals surface area contributed by atoms with Crippen molar-refractivity contribution >= 4 is 17.9 Å². The van der Waals surface area contributed by atoms with E-state index < -0.39 is 0 Å². The molecule has 1 fully saturated rings. The van der Waals surface area contributed by atoms with Crippen LogP contribution >= 0.6 is 11.6 Å². The molecule has 2 heterocycles. The van der Waals surface area contributed by atoms with Gasteiger partial charge in [0.1, 0.15) is 5.75 Å². The number of aryl methyl sites for hydroxylation is 1. The van der Waals surface area contributed by atoms with E-state index in [9.17, 15) is 4.79 Å². The van der Waals surface area contributed by atoms with E-state index in [4.69, 9.17) is 16.3 Å². The number of rotatable bonds is 7. The molecule has 0 aliphatic heterocycles. The zero-order chi connectivity index (χ0) is 17.6. The molecule has 2 aromatic rings. The third kappa shape index (κ3) is 4.03. The van der Waals surface area contributed by atoms with Crippen LogP contribution in [0.3, 0.4) is 0 Å². The molecular formula is C19H24ClN3O2. The standard InChI is InChI=1S/C19H24ClN3O2/c1-2-9-23-18(7-8-22-23)15-6-4-3-5-14(15)13-25-19-11-21-10-17(20)16(19)12-24/h7-8,10-12,14-15H,2-6,9,13H2,1H3. The highest BCUT2D eigenvalue weighted by molar-refractivity contribution is 6.33. The number of ether oxygens (including phenoxy) is 1. The molecule has 0 amide bonds. The van der Waals surface area contributed by atoms with Crippen LogP contribution in [-0.2, 0) is 6.54 Å². The van der Waals surface area contributed by atoms with Crippen LogP contribution in [0.5, 0.6) is 5.75 Å². The maximum Gasteiger partial charge on any atom is 0.155 e. The molecule has 2 aromatic heterocycles. The summed E-state index contributed by atoms with van der Waals surface area (Å²) in [6, 6.07) is 2.14. The Balaban J connectivity index is 1.75. The molecule has 0 aromatic carbocycles. The highest BCUT2D eigenvalue weighted by Crippen LogP contribution is 2.38. The molecule has 1 saturated carbocycles. The van der Waals surface area contributed by atoms with E-state index in [0.717, 1.165) is 32.1 Å². The minimum absolute atomic E-state index is 0.328. The third-order valence-electron chi connectivity index (χ3n) is 4.95. The van der Waals surface area contributed by atoms with Gasteiger partial charge in [-0.1, -0.05) is 31.4 Å². The van der Waals surface area contributed by atoms with E-state index in [-0.39, 0.29) is 0 Å². The Morgan fingerprint density at radius 1 is 1.36 bits per heavy atom. The van der Waals surface area contributed by atoms with E-state index in [1.807, 2.05) is 6.20 Å². The van der Waals surface area contributed by atoms with Crippen molar-refractivity contribution < 1.29 is 9.53 Å². The summed E-state index contributed by atoms with van der Waals surface area (Å²) >= 11 is 6.03. The van der Waals surface area contributed by atoms with Crippen molar-refractivity contribution in [3.05, 3.63) is 40.9 Å². The first-order valence-corrected chi connectivity index (χ1v) is 9.35. The molecule has 1 aliphatic carbocycles. The van der Waals surface area contributed by atoms with Crippen LogP contribution in [-0.4, -0.2) is 27.7 Å². The molecule has 134 valence electrons. The molecule has 0 spiro atoms. The average molecular weight is 362 g/mol. The van der Waals surface area contributed by atoms with Crippen molar-refractivity contribution in [1.82, 2.24) is 14.8 Å². The summed E-state index contributed by atoms with van der Waals surface area (Å²) in [7, 11) is 0. The Labute approximate surface area is 153 Å². The second-order valence-corrected chi connectivity index (χ2v) is 7.00. The number of nitrogens with zero attached hydrogens (tertiary/aromatic N) is 3. The molecule has 2 atom stereocenters. The Hall–Kier alpha value is -1.88. The Bertz CT molecular complexity index is 716. The van der Waals surface area contributed by atoms with Gasteiger partial charge in [0.15, 0.2) is 6.29 Å². The largest absolute Gasteiger partial charge is 0.491 e.